The van der Waals surface area contributed by atoms with Crippen LogP contribution in [0.2, 0.25) is 0 Å². The SMILES string of the molecule is CC(C)n1c(CCC(=O)O)nc2cc(Br)ccc21. The second-order valence-electron chi connectivity index (χ2n) is 4.52. The number of carboxylic acids is 1. The molecule has 0 unspecified atom stereocenters. The summed E-state index contributed by atoms with van der Waals surface area (Å²) in [5, 5.41) is 8.78. The molecule has 0 aliphatic rings. The van der Waals surface area contributed by atoms with Crippen LogP contribution in [0.15, 0.2) is 22.7 Å². The highest BCUT2D eigenvalue weighted by molar-refractivity contribution is 9.10. The summed E-state index contributed by atoms with van der Waals surface area (Å²) in [6.07, 6.45) is 0.566. The maximum absolute atomic E-state index is 10.7. The number of carboxylic acid groups (broad SMARTS) is 1. The molecule has 0 atom stereocenters. The molecule has 0 radical (unpaired) electrons. The van der Waals surface area contributed by atoms with E-state index >= 15 is 0 Å². The summed E-state index contributed by atoms with van der Waals surface area (Å²) in [5.74, 6) is 0.0408. The molecule has 5 heteroatoms. The molecule has 0 aliphatic heterocycles. The zero-order chi connectivity index (χ0) is 13.3. The summed E-state index contributed by atoms with van der Waals surface area (Å²) in [6.45, 7) is 4.15. The Balaban J connectivity index is 2.50. The van der Waals surface area contributed by atoms with Gasteiger partial charge in [-0.3, -0.25) is 4.79 Å². The van der Waals surface area contributed by atoms with Crippen molar-refractivity contribution in [1.82, 2.24) is 9.55 Å². The van der Waals surface area contributed by atoms with Crippen molar-refractivity contribution in [3.05, 3.63) is 28.5 Å². The van der Waals surface area contributed by atoms with E-state index in [4.69, 9.17) is 5.11 Å². The van der Waals surface area contributed by atoms with Gasteiger partial charge in [-0.1, -0.05) is 15.9 Å². The average molecular weight is 311 g/mol. The van der Waals surface area contributed by atoms with E-state index in [1.54, 1.807) is 0 Å². The molecule has 4 nitrogen and oxygen atoms in total. The molecule has 0 fully saturated rings. The number of benzene rings is 1. The molecule has 1 heterocycles. The molecule has 0 amide bonds. The van der Waals surface area contributed by atoms with Gasteiger partial charge < -0.3 is 9.67 Å². The minimum atomic E-state index is -0.793. The van der Waals surface area contributed by atoms with E-state index in [1.807, 2.05) is 18.2 Å². The van der Waals surface area contributed by atoms with E-state index in [0.29, 0.717) is 6.42 Å². The fraction of sp³-hybridized carbons (Fsp3) is 0.385. The van der Waals surface area contributed by atoms with Gasteiger partial charge in [0.15, 0.2) is 0 Å². The summed E-state index contributed by atoms with van der Waals surface area (Å²) < 4.78 is 3.08. The van der Waals surface area contributed by atoms with Crippen LogP contribution in [0.25, 0.3) is 11.0 Å². The maximum atomic E-state index is 10.7. The van der Waals surface area contributed by atoms with Crippen molar-refractivity contribution in [2.75, 3.05) is 0 Å². The fourth-order valence-electron chi connectivity index (χ4n) is 2.09. The van der Waals surface area contributed by atoms with Gasteiger partial charge in [-0.05, 0) is 32.0 Å². The van der Waals surface area contributed by atoms with Crippen LogP contribution in [0.3, 0.4) is 0 Å². The number of aryl methyl sites for hydroxylation is 1. The topological polar surface area (TPSA) is 55.1 Å². The van der Waals surface area contributed by atoms with Gasteiger partial charge in [0.1, 0.15) is 5.82 Å². The predicted molar refractivity (Wildman–Crippen MR) is 73.8 cm³/mol. The molecule has 2 rings (SSSR count). The lowest BCUT2D eigenvalue weighted by atomic mass is 10.2. The summed E-state index contributed by atoms with van der Waals surface area (Å²) >= 11 is 3.42. The van der Waals surface area contributed by atoms with E-state index in [9.17, 15) is 4.79 Å². The van der Waals surface area contributed by atoms with Crippen molar-refractivity contribution in [1.29, 1.82) is 0 Å². The number of hydrogen-bond donors (Lipinski definition) is 1. The molecule has 0 saturated carbocycles. The summed E-state index contributed by atoms with van der Waals surface area (Å²) in [5.41, 5.74) is 1.95. The quantitative estimate of drug-likeness (QED) is 0.941. The van der Waals surface area contributed by atoms with Gasteiger partial charge in [0.25, 0.3) is 0 Å². The van der Waals surface area contributed by atoms with Crippen molar-refractivity contribution in [3.8, 4) is 0 Å². The Hall–Kier alpha value is -1.36. The van der Waals surface area contributed by atoms with Gasteiger partial charge >= 0.3 is 5.97 Å². The van der Waals surface area contributed by atoms with Gasteiger partial charge in [-0.25, -0.2) is 4.98 Å². The van der Waals surface area contributed by atoms with Crippen LogP contribution in [0.5, 0.6) is 0 Å². The monoisotopic (exact) mass is 310 g/mol. The highest BCUT2D eigenvalue weighted by Crippen LogP contribution is 2.24. The van der Waals surface area contributed by atoms with Crippen LogP contribution in [0.1, 0.15) is 32.1 Å². The summed E-state index contributed by atoms with van der Waals surface area (Å²) in [7, 11) is 0. The number of imidazole rings is 1. The number of carbonyl (C=O) groups is 1. The van der Waals surface area contributed by atoms with Gasteiger partial charge in [0, 0.05) is 16.9 Å². The van der Waals surface area contributed by atoms with E-state index in [0.717, 1.165) is 21.3 Å². The van der Waals surface area contributed by atoms with Crippen LogP contribution in [-0.2, 0) is 11.2 Å². The molecule has 0 bridgehead atoms. The van der Waals surface area contributed by atoms with E-state index in [2.05, 4.69) is 39.3 Å². The van der Waals surface area contributed by atoms with E-state index < -0.39 is 5.97 Å². The Kier molecular flexibility index (Phi) is 3.71. The summed E-state index contributed by atoms with van der Waals surface area (Å²) in [4.78, 5) is 15.2. The number of aliphatic carboxylic acids is 1. The fourth-order valence-corrected chi connectivity index (χ4v) is 2.44. The molecule has 1 aromatic carbocycles. The Morgan fingerprint density at radius 1 is 1.50 bits per heavy atom. The Labute approximate surface area is 114 Å². The lowest BCUT2D eigenvalue weighted by molar-refractivity contribution is -0.137. The maximum Gasteiger partial charge on any atom is 0.303 e. The minimum absolute atomic E-state index is 0.108. The van der Waals surface area contributed by atoms with E-state index in [1.165, 1.54) is 0 Å². The Bertz CT molecular complexity index is 590. The third-order valence-corrected chi connectivity index (χ3v) is 3.30. The van der Waals surface area contributed by atoms with Crippen LogP contribution in [0, 0.1) is 0 Å². The van der Waals surface area contributed by atoms with Gasteiger partial charge in [0.05, 0.1) is 17.5 Å². The molecule has 0 saturated heterocycles. The Morgan fingerprint density at radius 2 is 2.22 bits per heavy atom. The summed E-state index contributed by atoms with van der Waals surface area (Å²) in [6, 6.07) is 6.21. The third-order valence-electron chi connectivity index (χ3n) is 2.80. The minimum Gasteiger partial charge on any atom is -0.481 e. The highest BCUT2D eigenvalue weighted by Gasteiger charge is 2.14. The number of fused-ring (bicyclic) bond motifs is 1. The van der Waals surface area contributed by atoms with Crippen molar-refractivity contribution in [2.24, 2.45) is 0 Å². The molecule has 0 spiro atoms. The number of rotatable bonds is 4. The lowest BCUT2D eigenvalue weighted by Gasteiger charge is -2.12. The normalized spacial score (nSPS) is 11.3. The molecule has 0 aliphatic carbocycles. The van der Waals surface area contributed by atoms with Crippen molar-refractivity contribution in [2.45, 2.75) is 32.7 Å². The van der Waals surface area contributed by atoms with Crippen molar-refractivity contribution in [3.63, 3.8) is 0 Å². The van der Waals surface area contributed by atoms with E-state index in [-0.39, 0.29) is 12.5 Å². The van der Waals surface area contributed by atoms with Gasteiger partial charge in [-0.15, -0.1) is 0 Å². The number of aromatic nitrogens is 2. The molecule has 96 valence electrons. The molecule has 18 heavy (non-hydrogen) atoms. The van der Waals surface area contributed by atoms with Crippen LogP contribution in [0.4, 0.5) is 0 Å². The van der Waals surface area contributed by atoms with Crippen LogP contribution in [-0.4, -0.2) is 20.6 Å². The zero-order valence-electron chi connectivity index (χ0n) is 10.4. The largest absolute Gasteiger partial charge is 0.481 e. The standard InChI is InChI=1S/C13H15BrN2O2/c1-8(2)16-11-4-3-9(14)7-10(11)15-12(16)5-6-13(17)18/h3-4,7-8H,5-6H2,1-2H3,(H,17,18). The first-order valence-electron chi connectivity index (χ1n) is 5.87. The number of nitrogens with zero attached hydrogens (tertiary/aromatic N) is 2. The van der Waals surface area contributed by atoms with Gasteiger partial charge in [0.2, 0.25) is 0 Å². The van der Waals surface area contributed by atoms with Crippen molar-refractivity contribution < 1.29 is 9.90 Å². The molecular weight excluding hydrogens is 296 g/mol. The second kappa shape index (κ2) is 5.10. The first kappa shape index (κ1) is 13.1. The first-order chi connectivity index (χ1) is 8.49. The van der Waals surface area contributed by atoms with Crippen LogP contribution < -0.4 is 0 Å². The van der Waals surface area contributed by atoms with Crippen molar-refractivity contribution >= 4 is 32.9 Å². The van der Waals surface area contributed by atoms with Gasteiger partial charge in [-0.2, -0.15) is 0 Å². The smallest absolute Gasteiger partial charge is 0.303 e. The van der Waals surface area contributed by atoms with Crippen LogP contribution >= 0.6 is 15.9 Å². The third kappa shape index (κ3) is 2.56. The highest BCUT2D eigenvalue weighted by atomic mass is 79.9. The number of halogens is 1. The molecule has 1 N–H and O–H groups in total. The predicted octanol–water partition coefficient (Wildman–Crippen LogP) is 3.40. The molecule has 1 aromatic heterocycles. The number of hydrogen-bond acceptors (Lipinski definition) is 2. The first-order valence-corrected chi connectivity index (χ1v) is 6.66. The zero-order valence-corrected chi connectivity index (χ0v) is 11.9. The molecule has 2 aromatic rings. The average Bonchev–Trinajstić information content (AvgIpc) is 2.63. The second-order valence-corrected chi connectivity index (χ2v) is 5.43. The molecular formula is C13H15BrN2O2. The lowest BCUT2D eigenvalue weighted by Crippen LogP contribution is -2.08. The Morgan fingerprint density at radius 3 is 2.83 bits per heavy atom.